The van der Waals surface area contributed by atoms with Crippen LogP contribution in [-0.2, 0) is 20.3 Å². The lowest BCUT2D eigenvalue weighted by atomic mass is 10.1. The summed E-state index contributed by atoms with van der Waals surface area (Å²) in [5.74, 6) is -0.452. The molecule has 3 N–H and O–H groups in total. The van der Waals surface area contributed by atoms with Crippen molar-refractivity contribution in [2.75, 3.05) is 22.7 Å². The molecule has 0 bridgehead atoms. The summed E-state index contributed by atoms with van der Waals surface area (Å²) in [6.45, 7) is 5.26. The Morgan fingerprint density at radius 2 is 1.81 bits per heavy atom. The standard InChI is InChI=1S/C14H22ClN3O4S4/c1-14(2,3)18(4)26(21,22)13-11(19)10(8-24-13)17-25(5,20)16-9-6-7-23-12(9)15/h6-8,19,25H,1-5H3,(H2,16,17,20). The first-order chi connectivity index (χ1) is 11.8. The molecule has 0 atom stereocenters. The van der Waals surface area contributed by atoms with Crippen molar-refractivity contribution in [2.45, 2.75) is 30.5 Å². The van der Waals surface area contributed by atoms with E-state index >= 15 is 0 Å². The van der Waals surface area contributed by atoms with Crippen LogP contribution >= 0.6 is 34.3 Å². The number of nitrogens with zero attached hydrogens (tertiary/aromatic N) is 1. The van der Waals surface area contributed by atoms with E-state index in [2.05, 4.69) is 9.44 Å². The van der Waals surface area contributed by atoms with Gasteiger partial charge in [-0.15, -0.1) is 22.7 Å². The molecule has 0 saturated heterocycles. The second kappa shape index (κ2) is 7.28. The average Bonchev–Trinajstić information content (AvgIpc) is 3.04. The van der Waals surface area contributed by atoms with Gasteiger partial charge in [0.25, 0.3) is 10.0 Å². The highest BCUT2D eigenvalue weighted by atomic mass is 35.5. The molecule has 26 heavy (non-hydrogen) atoms. The Kier molecular flexibility index (Phi) is 6.01. The maximum absolute atomic E-state index is 12.8. The minimum absolute atomic E-state index is 0.0839. The van der Waals surface area contributed by atoms with E-state index in [1.807, 2.05) is 0 Å². The van der Waals surface area contributed by atoms with Crippen LogP contribution in [0.3, 0.4) is 0 Å². The van der Waals surface area contributed by atoms with Crippen LogP contribution in [0.5, 0.6) is 5.75 Å². The van der Waals surface area contributed by atoms with Gasteiger partial charge in [-0.3, -0.25) is 0 Å². The fraction of sp³-hybridized carbons (Fsp3) is 0.429. The van der Waals surface area contributed by atoms with Gasteiger partial charge in [0.2, 0.25) is 0 Å². The number of halogens is 1. The first-order valence-electron chi connectivity index (χ1n) is 7.42. The topological polar surface area (TPSA) is 98.7 Å². The normalized spacial score (nSPS) is 13.8. The van der Waals surface area contributed by atoms with Gasteiger partial charge in [-0.05, 0) is 32.2 Å². The molecule has 0 aliphatic rings. The molecule has 0 aliphatic heterocycles. The molecule has 0 unspecified atom stereocenters. The lowest BCUT2D eigenvalue weighted by Crippen LogP contribution is -2.42. The van der Waals surface area contributed by atoms with E-state index in [9.17, 15) is 17.7 Å². The van der Waals surface area contributed by atoms with E-state index in [1.54, 1.807) is 32.2 Å². The van der Waals surface area contributed by atoms with Crippen LogP contribution in [0.2, 0.25) is 4.34 Å². The van der Waals surface area contributed by atoms with Crippen molar-refractivity contribution in [2.24, 2.45) is 0 Å². The Balaban J connectivity index is 2.29. The predicted octanol–water partition coefficient (Wildman–Crippen LogP) is 3.59. The summed E-state index contributed by atoms with van der Waals surface area (Å²) in [5, 5.41) is 13.6. The van der Waals surface area contributed by atoms with Crippen molar-refractivity contribution < 1.29 is 17.7 Å². The van der Waals surface area contributed by atoms with E-state index in [4.69, 9.17) is 11.6 Å². The number of sulfonamides is 1. The van der Waals surface area contributed by atoms with Crippen LogP contribution in [-0.4, -0.2) is 40.9 Å². The number of hydrogen-bond donors (Lipinski definition) is 4. The summed E-state index contributed by atoms with van der Waals surface area (Å²) < 4.78 is 45.1. The van der Waals surface area contributed by atoms with E-state index in [0.717, 1.165) is 11.3 Å². The zero-order chi connectivity index (χ0) is 19.9. The van der Waals surface area contributed by atoms with Gasteiger partial charge in [-0.1, -0.05) is 11.6 Å². The lowest BCUT2D eigenvalue weighted by Gasteiger charge is -2.30. The monoisotopic (exact) mass is 459 g/mol. The molecule has 2 aromatic rings. The Hall–Kier alpha value is -0.850. The van der Waals surface area contributed by atoms with Crippen molar-refractivity contribution in [1.82, 2.24) is 4.31 Å². The highest BCUT2D eigenvalue weighted by Crippen LogP contribution is 2.41. The molecule has 0 fully saturated rings. The summed E-state index contributed by atoms with van der Waals surface area (Å²) in [7, 11) is -5.63. The van der Waals surface area contributed by atoms with E-state index in [-0.39, 0.29) is 9.90 Å². The first kappa shape index (κ1) is 21.5. The van der Waals surface area contributed by atoms with Crippen LogP contribution in [0.1, 0.15) is 20.8 Å². The Labute approximate surface area is 167 Å². The van der Waals surface area contributed by atoms with Gasteiger partial charge in [0.1, 0.15) is 10.0 Å². The van der Waals surface area contributed by atoms with Crippen LogP contribution in [0.4, 0.5) is 11.4 Å². The molecule has 0 spiro atoms. The second-order valence-corrected chi connectivity index (χ2v) is 13.5. The smallest absolute Gasteiger partial charge is 0.256 e. The quantitative estimate of drug-likeness (QED) is 0.496. The fourth-order valence-electron chi connectivity index (χ4n) is 1.94. The molecular weight excluding hydrogens is 438 g/mol. The highest BCUT2D eigenvalue weighted by Gasteiger charge is 2.34. The average molecular weight is 460 g/mol. The number of anilines is 2. The van der Waals surface area contributed by atoms with Gasteiger partial charge in [0, 0.05) is 34.5 Å². The molecule has 2 heterocycles. The third-order valence-electron chi connectivity index (χ3n) is 3.56. The van der Waals surface area contributed by atoms with Crippen LogP contribution < -0.4 is 9.44 Å². The number of hydrogen-bond acceptors (Lipinski definition) is 6. The van der Waals surface area contributed by atoms with Crippen molar-refractivity contribution in [3.05, 3.63) is 21.2 Å². The van der Waals surface area contributed by atoms with Gasteiger partial charge in [0.15, 0.2) is 9.96 Å². The minimum atomic E-state index is -3.89. The first-order valence-corrected chi connectivity index (χ1v) is 13.2. The molecule has 7 nitrogen and oxygen atoms in total. The summed E-state index contributed by atoms with van der Waals surface area (Å²) in [5.41, 5.74) is -0.0641. The van der Waals surface area contributed by atoms with Crippen molar-refractivity contribution in [3.63, 3.8) is 0 Å². The molecule has 12 heteroatoms. The molecule has 2 aromatic heterocycles. The lowest BCUT2D eigenvalue weighted by molar-refractivity contribution is 0.291. The Morgan fingerprint density at radius 1 is 1.23 bits per heavy atom. The maximum Gasteiger partial charge on any atom is 0.256 e. The van der Waals surface area contributed by atoms with Crippen LogP contribution in [0.15, 0.2) is 21.0 Å². The third kappa shape index (κ3) is 4.52. The summed E-state index contributed by atoms with van der Waals surface area (Å²) >= 11 is 8.15. The number of thiophene rings is 2. The molecule has 0 aliphatic carbocycles. The van der Waals surface area contributed by atoms with Gasteiger partial charge in [-0.25, -0.2) is 12.6 Å². The van der Waals surface area contributed by atoms with E-state index in [1.165, 1.54) is 34.3 Å². The SMILES string of the molecule is CN(C(C)(C)C)S(=O)(=O)c1scc(N[SH](C)(=O)Nc2ccsc2Cl)c1O. The highest BCUT2D eigenvalue weighted by molar-refractivity contribution is 8.04. The van der Waals surface area contributed by atoms with Crippen molar-refractivity contribution in [3.8, 4) is 5.75 Å². The van der Waals surface area contributed by atoms with Crippen molar-refractivity contribution >= 4 is 66.0 Å². The summed E-state index contributed by atoms with van der Waals surface area (Å²) in [6, 6.07) is 1.69. The summed E-state index contributed by atoms with van der Waals surface area (Å²) in [4.78, 5) is 0. The van der Waals surface area contributed by atoms with E-state index < -0.39 is 31.6 Å². The molecule has 0 amide bonds. The molecule has 148 valence electrons. The number of nitrogens with one attached hydrogen (secondary N) is 2. The number of aromatic hydroxyl groups is 1. The van der Waals surface area contributed by atoms with Gasteiger partial charge < -0.3 is 14.6 Å². The third-order valence-corrected chi connectivity index (χ3v) is 9.67. The minimum Gasteiger partial charge on any atom is -0.504 e. The largest absolute Gasteiger partial charge is 0.504 e. The number of rotatable bonds is 6. The number of thiol groups is 1. The predicted molar refractivity (Wildman–Crippen MR) is 113 cm³/mol. The molecule has 0 saturated carbocycles. The molecule has 0 aromatic carbocycles. The zero-order valence-electron chi connectivity index (χ0n) is 14.9. The molecular formula is C14H22ClN3O4S4. The maximum atomic E-state index is 12.8. The molecule has 2 rings (SSSR count). The second-order valence-electron chi connectivity index (χ2n) is 6.68. The van der Waals surface area contributed by atoms with E-state index in [0.29, 0.717) is 10.0 Å². The van der Waals surface area contributed by atoms with Crippen molar-refractivity contribution in [1.29, 1.82) is 0 Å². The van der Waals surface area contributed by atoms with Gasteiger partial charge >= 0.3 is 0 Å². The summed E-state index contributed by atoms with van der Waals surface area (Å²) in [6.07, 6.45) is 1.42. The van der Waals surface area contributed by atoms with Gasteiger partial charge in [0.05, 0.1) is 5.69 Å². The fourth-order valence-corrected chi connectivity index (χ4v) is 7.24. The molecule has 0 radical (unpaired) electrons. The Morgan fingerprint density at radius 3 is 2.31 bits per heavy atom. The van der Waals surface area contributed by atoms with Crippen LogP contribution in [0, 0.1) is 0 Å². The van der Waals surface area contributed by atoms with Gasteiger partial charge in [-0.2, -0.15) is 4.31 Å². The Bertz CT molecular complexity index is 946. The zero-order valence-corrected chi connectivity index (χ0v) is 19.0. The van der Waals surface area contributed by atoms with Crippen LogP contribution in [0.25, 0.3) is 0 Å².